The third kappa shape index (κ3) is 5.18. The van der Waals surface area contributed by atoms with E-state index in [1.165, 1.54) is 0 Å². The topological polar surface area (TPSA) is 130 Å². The van der Waals surface area contributed by atoms with Gasteiger partial charge < -0.3 is 20.3 Å². The van der Waals surface area contributed by atoms with Gasteiger partial charge in [0, 0.05) is 18.3 Å². The maximum atomic E-state index is 13.4. The number of rotatable bonds is 8. The number of Topliss-reactive ketones (excluding diaryl/α,β-unsaturated/α-hetero) is 1. The Morgan fingerprint density at radius 2 is 1.80 bits per heavy atom. The highest BCUT2D eigenvalue weighted by Gasteiger charge is 2.68. The number of ether oxygens (including phenoxy) is 1. The molecule has 0 aliphatic heterocycles. The van der Waals surface area contributed by atoms with Crippen LogP contribution >= 0.6 is 0 Å². The molecule has 0 bridgehead atoms. The van der Waals surface area contributed by atoms with E-state index in [1.54, 1.807) is 6.08 Å². The number of hydrogen-bond donors (Lipinski definition) is 3. The highest BCUT2D eigenvalue weighted by atomic mass is 16.5. The van der Waals surface area contributed by atoms with Crippen LogP contribution in [0.4, 0.5) is 0 Å². The standard InChI is InChI=1S/C33H43NO7/c1-20(21-7-5-4-6-8-21)34-28(38)11-12-29(39)41-19-27(37)33(40)16-14-25-24-10-9-22-17-23(35)13-15-31(22,2)30(24)26(36)18-32(25,33)3/h4-8,17,20,24-26,30,36,40H,9-16,18-19H2,1-3H3,(H,34,38)/t20-,24+,25-,26+,30+,31+,32+,33-/m1/s1. The van der Waals surface area contributed by atoms with Gasteiger partial charge in [0.2, 0.25) is 11.7 Å². The van der Waals surface area contributed by atoms with Gasteiger partial charge in [-0.05, 0) is 80.3 Å². The summed E-state index contributed by atoms with van der Waals surface area (Å²) in [5.74, 6) is -1.17. The molecule has 1 aromatic carbocycles. The molecule has 3 fully saturated rings. The van der Waals surface area contributed by atoms with Gasteiger partial charge in [-0.2, -0.15) is 0 Å². The van der Waals surface area contributed by atoms with Crippen molar-refractivity contribution in [2.75, 3.05) is 6.61 Å². The zero-order valence-corrected chi connectivity index (χ0v) is 24.4. The molecule has 222 valence electrons. The molecule has 4 aliphatic carbocycles. The van der Waals surface area contributed by atoms with Gasteiger partial charge in [0.1, 0.15) is 5.60 Å². The lowest BCUT2D eigenvalue weighted by atomic mass is 9.45. The normalized spacial score (nSPS) is 36.7. The molecule has 0 unspecified atom stereocenters. The molecule has 1 aromatic rings. The van der Waals surface area contributed by atoms with Crippen LogP contribution in [0.2, 0.25) is 0 Å². The Kier molecular flexibility index (Phi) is 8.03. The third-order valence-electron chi connectivity index (χ3n) is 11.1. The van der Waals surface area contributed by atoms with Crippen molar-refractivity contribution in [2.24, 2.45) is 28.6 Å². The molecule has 4 aliphatic rings. The molecule has 0 saturated heterocycles. The van der Waals surface area contributed by atoms with Crippen molar-refractivity contribution in [3.8, 4) is 0 Å². The summed E-state index contributed by atoms with van der Waals surface area (Å²) >= 11 is 0. The smallest absolute Gasteiger partial charge is 0.306 e. The number of carbonyl (C=O) groups excluding carboxylic acids is 4. The predicted octanol–water partition coefficient (Wildman–Crippen LogP) is 3.99. The van der Waals surface area contributed by atoms with Crippen LogP contribution < -0.4 is 5.32 Å². The highest BCUT2D eigenvalue weighted by Crippen LogP contribution is 2.67. The first kappa shape index (κ1) is 29.6. The first-order valence-electron chi connectivity index (χ1n) is 15.1. The second-order valence-electron chi connectivity index (χ2n) is 13.3. The van der Waals surface area contributed by atoms with Crippen molar-refractivity contribution in [1.29, 1.82) is 0 Å². The molecule has 8 nitrogen and oxygen atoms in total. The van der Waals surface area contributed by atoms with Gasteiger partial charge in [0.05, 0.1) is 18.6 Å². The summed E-state index contributed by atoms with van der Waals surface area (Å²) in [6.45, 7) is 5.38. The minimum Gasteiger partial charge on any atom is -0.458 e. The van der Waals surface area contributed by atoms with E-state index >= 15 is 0 Å². The Bertz CT molecular complexity index is 1240. The van der Waals surface area contributed by atoms with E-state index in [4.69, 9.17) is 4.74 Å². The maximum absolute atomic E-state index is 13.4. The van der Waals surface area contributed by atoms with E-state index in [1.807, 2.05) is 44.2 Å². The van der Waals surface area contributed by atoms with Crippen LogP contribution in [-0.4, -0.2) is 52.0 Å². The number of nitrogens with one attached hydrogen (secondary N) is 1. The number of allylic oxidation sites excluding steroid dienone is 1. The predicted molar refractivity (Wildman–Crippen MR) is 151 cm³/mol. The van der Waals surface area contributed by atoms with Gasteiger partial charge in [-0.1, -0.05) is 49.8 Å². The molecule has 0 radical (unpaired) electrons. The van der Waals surface area contributed by atoms with Crippen LogP contribution in [0.25, 0.3) is 0 Å². The largest absolute Gasteiger partial charge is 0.458 e. The molecule has 1 amide bonds. The molecule has 3 saturated carbocycles. The van der Waals surface area contributed by atoms with Gasteiger partial charge in [-0.25, -0.2) is 0 Å². The minimum absolute atomic E-state index is 0.0142. The van der Waals surface area contributed by atoms with Crippen LogP contribution in [0, 0.1) is 28.6 Å². The zero-order chi connectivity index (χ0) is 29.6. The molecule has 8 heteroatoms. The van der Waals surface area contributed by atoms with Crippen molar-refractivity contribution in [3.63, 3.8) is 0 Å². The van der Waals surface area contributed by atoms with Crippen molar-refractivity contribution in [1.82, 2.24) is 5.32 Å². The lowest BCUT2D eigenvalue weighted by molar-refractivity contribution is -0.184. The zero-order valence-electron chi connectivity index (χ0n) is 24.4. The number of hydrogen-bond acceptors (Lipinski definition) is 7. The fraction of sp³-hybridized carbons (Fsp3) is 0.636. The van der Waals surface area contributed by atoms with Crippen molar-refractivity contribution < 1.29 is 34.1 Å². The highest BCUT2D eigenvalue weighted by molar-refractivity contribution is 5.92. The van der Waals surface area contributed by atoms with E-state index in [-0.39, 0.29) is 66.6 Å². The van der Waals surface area contributed by atoms with E-state index in [0.29, 0.717) is 12.8 Å². The Hall–Kier alpha value is -2.84. The average molecular weight is 566 g/mol. The molecule has 5 rings (SSSR count). The second kappa shape index (κ2) is 11.1. The lowest BCUT2D eigenvalue weighted by Crippen LogP contribution is -2.62. The Morgan fingerprint density at radius 3 is 2.54 bits per heavy atom. The molecule has 0 heterocycles. The first-order chi connectivity index (χ1) is 19.4. The fourth-order valence-electron chi connectivity index (χ4n) is 8.84. The lowest BCUT2D eigenvalue weighted by Gasteiger charge is -2.60. The molecular formula is C33H43NO7. The van der Waals surface area contributed by atoms with Gasteiger partial charge in [-0.15, -0.1) is 0 Å². The summed E-state index contributed by atoms with van der Waals surface area (Å²) in [6, 6.07) is 9.30. The SMILES string of the molecule is C[C@@H](NC(=O)CCC(=O)OCC(=O)[C@]1(O)CC[C@@H]2[C@@H]3CCC4=CC(=O)CC[C@]4(C)[C@@H]3[C@@H](O)C[C@@]21C)c1ccccc1. The van der Waals surface area contributed by atoms with E-state index < -0.39 is 35.5 Å². The number of benzene rings is 1. The molecular weight excluding hydrogens is 522 g/mol. The summed E-state index contributed by atoms with van der Waals surface area (Å²) < 4.78 is 5.25. The molecule has 0 aromatic heterocycles. The molecule has 3 N–H and O–H groups in total. The number of aliphatic hydroxyl groups excluding tert-OH is 1. The minimum atomic E-state index is -1.70. The summed E-state index contributed by atoms with van der Waals surface area (Å²) in [5.41, 5.74) is -0.698. The average Bonchev–Trinajstić information content (AvgIpc) is 3.21. The van der Waals surface area contributed by atoms with Crippen molar-refractivity contribution in [2.45, 2.75) is 96.3 Å². The Morgan fingerprint density at radius 1 is 1.07 bits per heavy atom. The van der Waals surface area contributed by atoms with Crippen LogP contribution in [0.5, 0.6) is 0 Å². The fourth-order valence-corrected chi connectivity index (χ4v) is 8.84. The maximum Gasteiger partial charge on any atom is 0.306 e. The van der Waals surface area contributed by atoms with Gasteiger partial charge >= 0.3 is 5.97 Å². The van der Waals surface area contributed by atoms with E-state index in [0.717, 1.165) is 30.4 Å². The van der Waals surface area contributed by atoms with E-state index in [2.05, 4.69) is 12.2 Å². The summed E-state index contributed by atoms with van der Waals surface area (Å²) in [6.07, 6.45) is 4.88. The number of amides is 1. The van der Waals surface area contributed by atoms with Gasteiger partial charge in [-0.3, -0.25) is 19.2 Å². The van der Waals surface area contributed by atoms with Crippen LogP contribution in [-0.2, 0) is 23.9 Å². The second-order valence-corrected chi connectivity index (χ2v) is 13.3. The molecule has 41 heavy (non-hydrogen) atoms. The number of esters is 1. The third-order valence-corrected chi connectivity index (χ3v) is 11.1. The van der Waals surface area contributed by atoms with Crippen molar-refractivity contribution in [3.05, 3.63) is 47.5 Å². The van der Waals surface area contributed by atoms with Crippen LogP contribution in [0.15, 0.2) is 42.0 Å². The number of carbonyl (C=O) groups is 4. The summed E-state index contributed by atoms with van der Waals surface area (Å²) in [5, 5.41) is 26.2. The van der Waals surface area contributed by atoms with Crippen LogP contribution in [0.3, 0.4) is 0 Å². The quantitative estimate of drug-likeness (QED) is 0.407. The number of ketones is 2. The first-order valence-corrected chi connectivity index (χ1v) is 15.1. The molecule has 8 atom stereocenters. The monoisotopic (exact) mass is 565 g/mol. The summed E-state index contributed by atoms with van der Waals surface area (Å²) in [7, 11) is 0. The van der Waals surface area contributed by atoms with Gasteiger partial charge in [0.25, 0.3) is 0 Å². The van der Waals surface area contributed by atoms with Gasteiger partial charge in [0.15, 0.2) is 12.4 Å². The van der Waals surface area contributed by atoms with Crippen LogP contribution in [0.1, 0.15) is 90.2 Å². The summed E-state index contributed by atoms with van der Waals surface area (Å²) in [4.78, 5) is 50.3. The number of aliphatic hydroxyl groups is 2. The Balaban J connectivity index is 1.18. The number of fused-ring (bicyclic) bond motifs is 5. The Labute approximate surface area is 241 Å². The molecule has 0 spiro atoms. The van der Waals surface area contributed by atoms with Crippen molar-refractivity contribution >= 4 is 23.4 Å². The van der Waals surface area contributed by atoms with E-state index in [9.17, 15) is 29.4 Å².